The van der Waals surface area contributed by atoms with Crippen LogP contribution in [-0.4, -0.2) is 52.7 Å². The topological polar surface area (TPSA) is 18.5 Å². The zero-order valence-corrected chi connectivity index (χ0v) is 46.9. The average molecular weight is 989 g/mol. The average Bonchev–Trinajstić information content (AvgIpc) is 3.77. The van der Waals surface area contributed by atoms with Gasteiger partial charge in [-0.3, -0.25) is 0 Å². The van der Waals surface area contributed by atoms with Gasteiger partial charge in [0.1, 0.15) is 0 Å². The standard InChI is InChI=1S/C58H102O2Se2/c1-37(2)17-15-19-39(5)45-21-23-47-43-33-51(57(11)35-41(59-13)25-31-55(57,9)49(43)27-29-53(45,47)7)61-62-52-34-44-48-24-22-46(40(6)20-16-18-38(3)4)54(48,8)30-28-50(44)56(10)32-26-42(60-14)36-58(52,56)12/h37-52H,15-36H2,1-14H3/t39-,40+,41+,42-,43+,44-,45-,46+,47?,48?,49?,50?,51-,52+,53-,54+,55-,56+,57-,58+. The molecule has 8 aliphatic rings. The van der Waals surface area contributed by atoms with Gasteiger partial charge < -0.3 is 0 Å². The summed E-state index contributed by atoms with van der Waals surface area (Å²) < 4.78 is 12.8. The Bertz CT molecular complexity index is 1400. The van der Waals surface area contributed by atoms with Crippen LogP contribution in [0.4, 0.5) is 0 Å². The van der Waals surface area contributed by atoms with E-state index in [9.17, 15) is 0 Å². The molecule has 0 N–H and O–H groups in total. The van der Waals surface area contributed by atoms with E-state index in [-0.39, 0.29) is 0 Å². The Morgan fingerprint density at radius 3 is 1.19 bits per heavy atom. The van der Waals surface area contributed by atoms with Crippen LogP contribution in [0.1, 0.15) is 224 Å². The van der Waals surface area contributed by atoms with Crippen LogP contribution in [0.5, 0.6) is 0 Å². The van der Waals surface area contributed by atoms with Crippen molar-refractivity contribution in [2.24, 2.45) is 104 Å². The first-order chi connectivity index (χ1) is 29.3. The first kappa shape index (κ1) is 49.4. The molecule has 62 heavy (non-hydrogen) atoms. The van der Waals surface area contributed by atoms with E-state index in [2.05, 4.69) is 83.1 Å². The zero-order valence-electron chi connectivity index (χ0n) is 43.4. The van der Waals surface area contributed by atoms with Gasteiger partial charge in [0.05, 0.1) is 0 Å². The molecule has 4 heteroatoms. The Hall–Kier alpha value is 0.959. The summed E-state index contributed by atoms with van der Waals surface area (Å²) in [5.74, 6) is 11.1. The summed E-state index contributed by atoms with van der Waals surface area (Å²) in [6, 6.07) is 0. The van der Waals surface area contributed by atoms with E-state index in [4.69, 9.17) is 9.47 Å². The Morgan fingerprint density at radius 1 is 0.452 bits per heavy atom. The summed E-state index contributed by atoms with van der Waals surface area (Å²) in [5, 5.41) is 0. The fourth-order valence-electron chi connectivity index (χ4n) is 20.0. The molecule has 0 aromatic heterocycles. The van der Waals surface area contributed by atoms with Crippen molar-refractivity contribution in [3.63, 3.8) is 0 Å². The maximum atomic E-state index is 6.39. The molecule has 0 aromatic rings. The summed E-state index contributed by atoms with van der Waals surface area (Å²) in [5.41, 5.74) is 2.90. The third kappa shape index (κ3) is 8.15. The number of rotatable bonds is 15. The Labute approximate surface area is 397 Å². The third-order valence-corrected chi connectivity index (χ3v) is 34.6. The second-order valence-corrected chi connectivity index (χ2v) is 34.7. The van der Waals surface area contributed by atoms with Crippen LogP contribution < -0.4 is 0 Å². The summed E-state index contributed by atoms with van der Waals surface area (Å²) in [6.45, 7) is 32.3. The summed E-state index contributed by atoms with van der Waals surface area (Å²) >= 11 is 1.42. The molecule has 0 aromatic carbocycles. The van der Waals surface area contributed by atoms with Gasteiger partial charge in [-0.25, -0.2) is 0 Å². The zero-order chi connectivity index (χ0) is 44.6. The summed E-state index contributed by atoms with van der Waals surface area (Å²) in [7, 11) is 4.10. The molecule has 0 radical (unpaired) electrons. The van der Waals surface area contributed by atoms with Gasteiger partial charge in [-0.1, -0.05) is 0 Å². The van der Waals surface area contributed by atoms with E-state index in [1.54, 1.807) is 12.8 Å². The minimum atomic E-state index is 0.418. The van der Waals surface area contributed by atoms with Gasteiger partial charge in [-0.05, 0) is 0 Å². The predicted molar refractivity (Wildman–Crippen MR) is 267 cm³/mol. The molecule has 0 heterocycles. The fourth-order valence-corrected chi connectivity index (χ4v) is 33.5. The molecular weight excluding hydrogens is 887 g/mol. The molecular formula is C58H102O2Se2. The van der Waals surface area contributed by atoms with E-state index in [0.717, 1.165) is 80.6 Å². The Morgan fingerprint density at radius 2 is 0.839 bits per heavy atom. The van der Waals surface area contributed by atoms with Crippen molar-refractivity contribution >= 4 is 26.3 Å². The minimum absolute atomic E-state index is 0.418. The molecule has 4 unspecified atom stereocenters. The summed E-state index contributed by atoms with van der Waals surface area (Å²) in [4.78, 5) is 1.83. The fraction of sp³-hybridized carbons (Fsp3) is 1.00. The molecule has 0 amide bonds. The molecule has 8 saturated carbocycles. The molecule has 8 rings (SSSR count). The second kappa shape index (κ2) is 18.7. The van der Waals surface area contributed by atoms with Crippen molar-refractivity contribution in [1.29, 1.82) is 0 Å². The third-order valence-electron chi connectivity index (χ3n) is 24.1. The van der Waals surface area contributed by atoms with Gasteiger partial charge in [-0.15, -0.1) is 0 Å². The second-order valence-electron chi connectivity index (χ2n) is 27.3. The van der Waals surface area contributed by atoms with E-state index in [0.29, 0.717) is 71.0 Å². The van der Waals surface area contributed by atoms with Gasteiger partial charge >= 0.3 is 400 Å². The molecule has 0 saturated heterocycles. The predicted octanol–water partition coefficient (Wildman–Crippen LogP) is 16.2. The van der Waals surface area contributed by atoms with Gasteiger partial charge in [0, 0.05) is 0 Å². The molecule has 0 aliphatic heterocycles. The van der Waals surface area contributed by atoms with Crippen LogP contribution in [-0.2, 0) is 9.47 Å². The van der Waals surface area contributed by atoms with Crippen molar-refractivity contribution in [2.75, 3.05) is 14.2 Å². The van der Waals surface area contributed by atoms with E-state index < -0.39 is 0 Å². The molecule has 8 fully saturated rings. The number of hydrogen-bond acceptors (Lipinski definition) is 2. The first-order valence-electron chi connectivity index (χ1n) is 27.7. The van der Waals surface area contributed by atoms with Crippen molar-refractivity contribution in [3.05, 3.63) is 0 Å². The first-order valence-corrected chi connectivity index (χ1v) is 34.0. The van der Waals surface area contributed by atoms with E-state index in [1.165, 1.54) is 128 Å². The number of ether oxygens (including phenoxy) is 2. The van der Waals surface area contributed by atoms with Crippen LogP contribution in [0.2, 0.25) is 9.63 Å². The van der Waals surface area contributed by atoms with Gasteiger partial charge in [0.2, 0.25) is 0 Å². The van der Waals surface area contributed by atoms with Gasteiger partial charge in [0.25, 0.3) is 0 Å². The van der Waals surface area contributed by atoms with Crippen molar-refractivity contribution in [1.82, 2.24) is 0 Å². The van der Waals surface area contributed by atoms with Crippen LogP contribution in [0, 0.1) is 104 Å². The van der Waals surface area contributed by atoms with Gasteiger partial charge in [-0.2, -0.15) is 0 Å². The molecule has 0 spiro atoms. The number of methoxy groups -OCH3 is 2. The van der Waals surface area contributed by atoms with Crippen LogP contribution in [0.25, 0.3) is 0 Å². The van der Waals surface area contributed by atoms with E-state index in [1.807, 2.05) is 14.2 Å². The number of hydrogen-bond donors (Lipinski definition) is 0. The molecule has 8 aliphatic carbocycles. The Balaban J connectivity index is 1.07. The van der Waals surface area contributed by atoms with Crippen molar-refractivity contribution in [3.8, 4) is 0 Å². The van der Waals surface area contributed by atoms with Crippen LogP contribution in [0.3, 0.4) is 0 Å². The SMILES string of the molecule is CO[C@@H]1CC[C@@]2(C)C3CC[C@]4(C)C(CC[C@H]4[C@@H](C)CCCC(C)C)[C@H]3C[C@H]([Se][Se][C@@H]3C[C@H]4C5CC[C@H]([C@H](C)CCCC(C)C)[C@@]5(C)CCC4[C@@]4(C)CC[C@H](OC)C[C@]34C)[C@]2(C)C1. The molecule has 2 nitrogen and oxygen atoms in total. The molecule has 358 valence electrons. The Kier molecular flexibility index (Phi) is 14.9. The monoisotopic (exact) mass is 991 g/mol. The van der Waals surface area contributed by atoms with Crippen LogP contribution >= 0.6 is 0 Å². The normalized spacial score (nSPS) is 50.9. The van der Waals surface area contributed by atoms with Crippen molar-refractivity contribution in [2.45, 2.75) is 246 Å². The summed E-state index contributed by atoms with van der Waals surface area (Å²) in [6.07, 6.45) is 32.9. The van der Waals surface area contributed by atoms with Crippen molar-refractivity contribution < 1.29 is 9.47 Å². The molecule has 0 bridgehead atoms. The van der Waals surface area contributed by atoms with E-state index >= 15 is 0 Å². The quantitative estimate of drug-likeness (QED) is 0.152. The number of fused-ring (bicyclic) bond motifs is 10. The maximum absolute atomic E-state index is 6.39. The van der Waals surface area contributed by atoms with Gasteiger partial charge in [0.15, 0.2) is 0 Å². The van der Waals surface area contributed by atoms with Crippen LogP contribution in [0.15, 0.2) is 0 Å². The molecule has 20 atom stereocenters.